The smallest absolute Gasteiger partial charge is 0.243 e. The Morgan fingerprint density at radius 3 is 2.71 bits per heavy atom. The van der Waals surface area contributed by atoms with Gasteiger partial charge in [-0.3, -0.25) is 4.57 Å². The van der Waals surface area contributed by atoms with Crippen LogP contribution in [0.4, 0.5) is 0 Å². The van der Waals surface area contributed by atoms with Gasteiger partial charge in [-0.2, -0.15) is 0 Å². The third kappa shape index (κ3) is 2.48. The number of pyridine rings is 1. The predicted molar refractivity (Wildman–Crippen MR) is 66.6 cm³/mol. The molecule has 0 spiro atoms. The highest BCUT2D eigenvalue weighted by Gasteiger charge is 2.19. The molecular weight excluding hydrogens is 216 g/mol. The Bertz CT molecular complexity index is 526. The lowest BCUT2D eigenvalue weighted by molar-refractivity contribution is -0.207. The molecule has 4 heteroatoms. The van der Waals surface area contributed by atoms with Crippen molar-refractivity contribution < 1.29 is 9.84 Å². The zero-order valence-electron chi connectivity index (χ0n) is 10.6. The first-order valence-corrected chi connectivity index (χ1v) is 5.66. The van der Waals surface area contributed by atoms with Crippen LogP contribution in [0.1, 0.15) is 32.7 Å². The van der Waals surface area contributed by atoms with E-state index in [1.165, 1.54) is 0 Å². The van der Waals surface area contributed by atoms with Gasteiger partial charge in [-0.25, -0.2) is 4.98 Å². The van der Waals surface area contributed by atoms with Crippen molar-refractivity contribution in [3.63, 3.8) is 0 Å². The van der Waals surface area contributed by atoms with Gasteiger partial charge >= 0.3 is 0 Å². The number of rotatable bonds is 2. The Balaban J connectivity index is 2.40. The Morgan fingerprint density at radius 1 is 1.35 bits per heavy atom. The van der Waals surface area contributed by atoms with E-state index in [1.54, 1.807) is 17.0 Å². The number of nitrogens with zero attached hydrogens (tertiary/aromatic N) is 2. The zero-order chi connectivity index (χ0) is 12.6. The lowest BCUT2D eigenvalue weighted by Crippen LogP contribution is -2.25. The second-order valence-corrected chi connectivity index (χ2v) is 5.14. The van der Waals surface area contributed by atoms with Crippen LogP contribution in [0.5, 0.6) is 0 Å². The van der Waals surface area contributed by atoms with Gasteiger partial charge in [0.1, 0.15) is 5.65 Å². The lowest BCUT2D eigenvalue weighted by Gasteiger charge is -2.24. The molecule has 1 atom stereocenters. The van der Waals surface area contributed by atoms with Gasteiger partial charge in [0.2, 0.25) is 6.41 Å². The highest BCUT2D eigenvalue weighted by Crippen LogP contribution is 2.23. The zero-order valence-corrected chi connectivity index (χ0v) is 10.6. The summed E-state index contributed by atoms with van der Waals surface area (Å²) in [5.74, 6) is 0. The molecule has 2 aromatic heterocycles. The third-order valence-electron chi connectivity index (χ3n) is 2.53. The minimum Gasteiger partial charge on any atom is -0.351 e. The molecule has 0 aliphatic heterocycles. The Kier molecular flexibility index (Phi) is 2.93. The van der Waals surface area contributed by atoms with Crippen LogP contribution >= 0.6 is 0 Å². The molecule has 2 rings (SSSR count). The molecule has 0 aliphatic rings. The van der Waals surface area contributed by atoms with Crippen LogP contribution < -0.4 is 0 Å². The molecule has 4 nitrogen and oxygen atoms in total. The number of ether oxygens (including phenoxy) is 1. The minimum absolute atomic E-state index is 0.403. The van der Waals surface area contributed by atoms with Crippen molar-refractivity contribution in [2.24, 2.45) is 0 Å². The van der Waals surface area contributed by atoms with Gasteiger partial charge < -0.3 is 9.84 Å². The number of aryl methyl sites for hydroxylation is 1. The van der Waals surface area contributed by atoms with E-state index in [0.717, 1.165) is 16.6 Å². The first kappa shape index (κ1) is 12.1. The number of aliphatic hydroxyl groups excluding tert-OH is 1. The van der Waals surface area contributed by atoms with Gasteiger partial charge in [0.15, 0.2) is 0 Å². The molecule has 2 heterocycles. The molecule has 0 fully saturated rings. The maximum Gasteiger partial charge on any atom is 0.243 e. The van der Waals surface area contributed by atoms with Crippen molar-refractivity contribution in [3.05, 3.63) is 30.1 Å². The van der Waals surface area contributed by atoms with Gasteiger partial charge in [0, 0.05) is 17.8 Å². The number of hydrogen-bond donors (Lipinski definition) is 1. The molecule has 0 saturated carbocycles. The van der Waals surface area contributed by atoms with E-state index in [-0.39, 0.29) is 0 Å². The summed E-state index contributed by atoms with van der Waals surface area (Å²) in [4.78, 5) is 4.28. The van der Waals surface area contributed by atoms with E-state index in [9.17, 15) is 5.11 Å². The quantitative estimate of drug-likeness (QED) is 0.812. The van der Waals surface area contributed by atoms with E-state index in [2.05, 4.69) is 4.98 Å². The van der Waals surface area contributed by atoms with E-state index in [0.29, 0.717) is 0 Å². The van der Waals surface area contributed by atoms with Crippen molar-refractivity contribution in [1.82, 2.24) is 9.55 Å². The molecule has 0 aliphatic carbocycles. The summed E-state index contributed by atoms with van der Waals surface area (Å²) in [5.41, 5.74) is 1.47. The van der Waals surface area contributed by atoms with Crippen molar-refractivity contribution in [3.8, 4) is 0 Å². The third-order valence-corrected chi connectivity index (χ3v) is 2.53. The van der Waals surface area contributed by atoms with Crippen LogP contribution in [-0.4, -0.2) is 20.3 Å². The number of hydrogen-bond acceptors (Lipinski definition) is 3. The van der Waals surface area contributed by atoms with Crippen LogP contribution in [0.25, 0.3) is 11.0 Å². The molecule has 0 amide bonds. The summed E-state index contributed by atoms with van der Waals surface area (Å²) in [7, 11) is 0. The number of fused-ring (bicyclic) bond motifs is 1. The standard InChI is InChI=1S/C13H18N2O2/c1-9-5-7-14-11-10(9)6-8-15(11)12(16)17-13(2,3)4/h5-8,12,16H,1-4H3. The molecule has 1 unspecified atom stereocenters. The lowest BCUT2D eigenvalue weighted by atomic mass is 10.2. The van der Waals surface area contributed by atoms with Crippen molar-refractivity contribution >= 4 is 11.0 Å². The Morgan fingerprint density at radius 2 is 2.06 bits per heavy atom. The molecule has 0 saturated heterocycles. The van der Waals surface area contributed by atoms with E-state index >= 15 is 0 Å². The molecule has 2 aromatic rings. The van der Waals surface area contributed by atoms with Crippen LogP contribution in [0.15, 0.2) is 24.5 Å². The van der Waals surface area contributed by atoms with Crippen LogP contribution in [0.2, 0.25) is 0 Å². The van der Waals surface area contributed by atoms with Gasteiger partial charge in [-0.15, -0.1) is 0 Å². The normalized spacial score (nSPS) is 14.2. The number of aliphatic hydroxyl groups is 1. The largest absolute Gasteiger partial charge is 0.351 e. The fourth-order valence-corrected chi connectivity index (χ4v) is 1.74. The summed E-state index contributed by atoms with van der Waals surface area (Å²) >= 11 is 0. The summed E-state index contributed by atoms with van der Waals surface area (Å²) in [6, 6.07) is 3.89. The van der Waals surface area contributed by atoms with Gasteiger partial charge in [-0.05, 0) is 45.4 Å². The molecule has 0 aromatic carbocycles. The van der Waals surface area contributed by atoms with E-state index < -0.39 is 12.0 Å². The topological polar surface area (TPSA) is 47.3 Å². The molecule has 92 valence electrons. The SMILES string of the molecule is Cc1ccnc2c1ccn2C(O)OC(C)(C)C. The van der Waals surface area contributed by atoms with Crippen molar-refractivity contribution in [2.45, 2.75) is 39.7 Å². The molecule has 0 bridgehead atoms. The first-order valence-electron chi connectivity index (χ1n) is 5.66. The maximum absolute atomic E-state index is 10.0. The van der Waals surface area contributed by atoms with E-state index in [4.69, 9.17) is 4.74 Å². The molecular formula is C13H18N2O2. The van der Waals surface area contributed by atoms with Crippen LogP contribution in [-0.2, 0) is 4.74 Å². The maximum atomic E-state index is 10.0. The van der Waals surface area contributed by atoms with Gasteiger partial charge in [-0.1, -0.05) is 0 Å². The summed E-state index contributed by atoms with van der Waals surface area (Å²) in [6.07, 6.45) is 2.51. The average Bonchev–Trinajstić information content (AvgIpc) is 2.60. The summed E-state index contributed by atoms with van der Waals surface area (Å²) in [5, 5.41) is 11.1. The highest BCUT2D eigenvalue weighted by atomic mass is 16.6. The summed E-state index contributed by atoms with van der Waals surface area (Å²) < 4.78 is 7.14. The Labute approximate surface area is 101 Å². The summed E-state index contributed by atoms with van der Waals surface area (Å²) in [6.45, 7) is 7.73. The second-order valence-electron chi connectivity index (χ2n) is 5.14. The van der Waals surface area contributed by atoms with E-state index in [1.807, 2.05) is 39.8 Å². The monoisotopic (exact) mass is 234 g/mol. The predicted octanol–water partition coefficient (Wildman–Crippen LogP) is 2.61. The number of aromatic nitrogens is 2. The van der Waals surface area contributed by atoms with Crippen molar-refractivity contribution in [2.75, 3.05) is 0 Å². The Hall–Kier alpha value is -1.39. The van der Waals surface area contributed by atoms with Crippen molar-refractivity contribution in [1.29, 1.82) is 0 Å². The first-order chi connectivity index (χ1) is 7.88. The second kappa shape index (κ2) is 4.13. The van der Waals surface area contributed by atoms with Crippen LogP contribution in [0.3, 0.4) is 0 Å². The highest BCUT2D eigenvalue weighted by molar-refractivity contribution is 5.79. The minimum atomic E-state index is -1.01. The molecule has 0 radical (unpaired) electrons. The fraction of sp³-hybridized carbons (Fsp3) is 0.462. The van der Waals surface area contributed by atoms with Gasteiger partial charge in [0.05, 0.1) is 5.60 Å². The fourth-order valence-electron chi connectivity index (χ4n) is 1.74. The average molecular weight is 234 g/mol. The molecule has 1 N–H and O–H groups in total. The van der Waals surface area contributed by atoms with Crippen LogP contribution in [0, 0.1) is 6.92 Å². The van der Waals surface area contributed by atoms with Gasteiger partial charge in [0.25, 0.3) is 0 Å². The molecule has 17 heavy (non-hydrogen) atoms.